The van der Waals surface area contributed by atoms with Gasteiger partial charge in [-0.15, -0.1) is 12.4 Å². The molecular weight excluding hydrogens is 156 g/mol. The van der Waals surface area contributed by atoms with Crippen molar-refractivity contribution in [2.24, 2.45) is 0 Å². The Morgan fingerprint density at radius 1 is 1.33 bits per heavy atom. The average molecular weight is 165 g/mol. The Hall–Kier alpha value is 0.0400. The van der Waals surface area contributed by atoms with E-state index in [0.717, 1.165) is 0 Å². The third kappa shape index (κ3) is 5.92. The molecule has 1 nitrogen and oxygen atoms in total. The highest BCUT2D eigenvalue weighted by Crippen LogP contribution is 2.03. The van der Waals surface area contributed by atoms with Gasteiger partial charge in [0.1, 0.15) is 6.10 Å². The van der Waals surface area contributed by atoms with Gasteiger partial charge in [0.25, 0.3) is 6.43 Å². The van der Waals surface area contributed by atoms with Crippen LogP contribution in [0.5, 0.6) is 0 Å². The fourth-order valence-corrected chi connectivity index (χ4v) is 0.238. The summed E-state index contributed by atoms with van der Waals surface area (Å²) in [6.45, 7) is -0.897. The number of alkyl halides is 3. The van der Waals surface area contributed by atoms with Crippen LogP contribution in [0.25, 0.3) is 0 Å². The standard InChI is InChI=1S/C4H7F3O.ClH/c5-2-1-3(8)4(6)7;/h3-4,8H,1-2H2;1H. The van der Waals surface area contributed by atoms with Gasteiger partial charge in [0.2, 0.25) is 0 Å². The first-order chi connectivity index (χ1) is 3.68. The zero-order valence-electron chi connectivity index (χ0n) is 4.56. The summed E-state index contributed by atoms with van der Waals surface area (Å²) < 4.78 is 33.5. The summed E-state index contributed by atoms with van der Waals surface area (Å²) in [6.07, 6.45) is -5.08. The lowest BCUT2D eigenvalue weighted by molar-refractivity contribution is -0.0118. The molecule has 0 heterocycles. The third-order valence-electron chi connectivity index (χ3n) is 0.696. The van der Waals surface area contributed by atoms with Crippen LogP contribution >= 0.6 is 12.4 Å². The van der Waals surface area contributed by atoms with E-state index in [9.17, 15) is 13.2 Å². The van der Waals surface area contributed by atoms with Gasteiger partial charge in [-0.3, -0.25) is 4.39 Å². The summed E-state index contributed by atoms with van der Waals surface area (Å²) in [5.74, 6) is 0. The van der Waals surface area contributed by atoms with E-state index in [1.54, 1.807) is 0 Å². The van der Waals surface area contributed by atoms with Gasteiger partial charge in [0.15, 0.2) is 0 Å². The summed E-state index contributed by atoms with van der Waals surface area (Å²) in [5.41, 5.74) is 0. The molecule has 0 aromatic rings. The first kappa shape index (κ1) is 11.8. The van der Waals surface area contributed by atoms with E-state index in [1.165, 1.54) is 0 Å². The topological polar surface area (TPSA) is 20.2 Å². The molecule has 0 radical (unpaired) electrons. The molecule has 1 unspecified atom stereocenters. The summed E-state index contributed by atoms with van der Waals surface area (Å²) in [5, 5.41) is 8.14. The first-order valence-electron chi connectivity index (χ1n) is 2.20. The SMILES string of the molecule is Cl.OC(CCF)C(F)F. The summed E-state index contributed by atoms with van der Waals surface area (Å²) in [4.78, 5) is 0. The van der Waals surface area contributed by atoms with Crippen LogP contribution in [0.2, 0.25) is 0 Å². The average Bonchev–Trinajstić information content (AvgIpc) is 1.67. The van der Waals surface area contributed by atoms with Gasteiger partial charge < -0.3 is 5.11 Å². The first-order valence-corrected chi connectivity index (χ1v) is 2.20. The Balaban J connectivity index is 0. The summed E-state index contributed by atoms with van der Waals surface area (Å²) in [7, 11) is 0. The molecule has 0 aromatic heterocycles. The Bertz CT molecular complexity index is 61.8. The fraction of sp³-hybridized carbons (Fsp3) is 1.00. The zero-order chi connectivity index (χ0) is 6.57. The van der Waals surface area contributed by atoms with Crippen LogP contribution in [0.15, 0.2) is 0 Å². The highest BCUT2D eigenvalue weighted by Gasteiger charge is 2.15. The summed E-state index contributed by atoms with van der Waals surface area (Å²) in [6, 6.07) is 0. The molecular formula is C4H8ClF3O. The molecule has 0 aliphatic carbocycles. The second-order valence-corrected chi connectivity index (χ2v) is 1.38. The minimum Gasteiger partial charge on any atom is -0.387 e. The van der Waals surface area contributed by atoms with E-state index >= 15 is 0 Å². The van der Waals surface area contributed by atoms with Gasteiger partial charge in [0, 0.05) is 6.42 Å². The van der Waals surface area contributed by atoms with Crippen molar-refractivity contribution < 1.29 is 18.3 Å². The Kier molecular flexibility index (Phi) is 8.08. The molecule has 0 aliphatic rings. The van der Waals surface area contributed by atoms with E-state index in [-0.39, 0.29) is 12.4 Å². The number of aliphatic hydroxyl groups excluding tert-OH is 1. The Morgan fingerprint density at radius 3 is 1.89 bits per heavy atom. The van der Waals surface area contributed by atoms with Gasteiger partial charge in [-0.05, 0) is 0 Å². The number of hydrogen-bond donors (Lipinski definition) is 1. The lowest BCUT2D eigenvalue weighted by atomic mass is 10.3. The van der Waals surface area contributed by atoms with Crippen molar-refractivity contribution in [3.05, 3.63) is 0 Å². The van der Waals surface area contributed by atoms with Crippen molar-refractivity contribution in [2.45, 2.75) is 19.0 Å². The van der Waals surface area contributed by atoms with Crippen LogP contribution in [0.3, 0.4) is 0 Å². The second-order valence-electron chi connectivity index (χ2n) is 1.38. The highest BCUT2D eigenvalue weighted by molar-refractivity contribution is 5.85. The minimum atomic E-state index is -2.81. The van der Waals surface area contributed by atoms with Gasteiger partial charge in [0.05, 0.1) is 6.67 Å². The van der Waals surface area contributed by atoms with Gasteiger partial charge in [-0.25, -0.2) is 8.78 Å². The smallest absolute Gasteiger partial charge is 0.264 e. The predicted molar refractivity (Wildman–Crippen MR) is 29.9 cm³/mol. The van der Waals surface area contributed by atoms with Crippen molar-refractivity contribution in [3.63, 3.8) is 0 Å². The lowest BCUT2D eigenvalue weighted by Gasteiger charge is -2.03. The van der Waals surface area contributed by atoms with Crippen LogP contribution < -0.4 is 0 Å². The highest BCUT2D eigenvalue weighted by atomic mass is 35.5. The van der Waals surface area contributed by atoms with Crippen molar-refractivity contribution in [1.82, 2.24) is 0 Å². The van der Waals surface area contributed by atoms with Crippen LogP contribution in [0, 0.1) is 0 Å². The van der Waals surface area contributed by atoms with Gasteiger partial charge in [-0.2, -0.15) is 0 Å². The molecule has 5 heteroatoms. The second kappa shape index (κ2) is 6.16. The molecule has 0 amide bonds. The van der Waals surface area contributed by atoms with Crippen LogP contribution in [0.1, 0.15) is 6.42 Å². The normalized spacial score (nSPS) is 13.0. The maximum atomic E-state index is 11.2. The van der Waals surface area contributed by atoms with Gasteiger partial charge in [-0.1, -0.05) is 0 Å². The Labute approximate surface area is 57.3 Å². The minimum absolute atomic E-state index is 0. The monoisotopic (exact) mass is 164 g/mol. The van der Waals surface area contributed by atoms with Crippen molar-refractivity contribution in [1.29, 1.82) is 0 Å². The molecule has 9 heavy (non-hydrogen) atoms. The molecule has 0 rings (SSSR count). The molecule has 0 fully saturated rings. The van der Waals surface area contributed by atoms with Crippen molar-refractivity contribution in [3.8, 4) is 0 Å². The van der Waals surface area contributed by atoms with E-state index < -0.39 is 25.6 Å². The molecule has 0 spiro atoms. The molecule has 0 saturated carbocycles. The number of rotatable bonds is 3. The largest absolute Gasteiger partial charge is 0.387 e. The van der Waals surface area contributed by atoms with Gasteiger partial charge >= 0.3 is 0 Å². The quantitative estimate of drug-likeness (QED) is 0.669. The maximum absolute atomic E-state index is 11.2. The van der Waals surface area contributed by atoms with Crippen LogP contribution in [0.4, 0.5) is 13.2 Å². The molecule has 0 aromatic carbocycles. The molecule has 0 bridgehead atoms. The molecule has 0 aliphatic heterocycles. The van der Waals surface area contributed by atoms with Crippen LogP contribution in [-0.2, 0) is 0 Å². The van der Waals surface area contributed by atoms with E-state index in [4.69, 9.17) is 5.11 Å². The van der Waals surface area contributed by atoms with Crippen molar-refractivity contribution >= 4 is 12.4 Å². The fourth-order valence-electron chi connectivity index (χ4n) is 0.238. The number of hydrogen-bond acceptors (Lipinski definition) is 1. The van der Waals surface area contributed by atoms with E-state index in [1.807, 2.05) is 0 Å². The molecule has 1 atom stereocenters. The third-order valence-corrected chi connectivity index (χ3v) is 0.696. The van der Waals surface area contributed by atoms with E-state index in [2.05, 4.69) is 0 Å². The maximum Gasteiger partial charge on any atom is 0.264 e. The lowest BCUT2D eigenvalue weighted by Crippen LogP contribution is -2.17. The molecule has 0 saturated heterocycles. The van der Waals surface area contributed by atoms with Crippen molar-refractivity contribution in [2.75, 3.05) is 6.67 Å². The predicted octanol–water partition coefficient (Wildman–Crippen LogP) is 1.39. The molecule has 58 valence electrons. The molecule has 1 N–H and O–H groups in total. The Morgan fingerprint density at radius 2 is 1.78 bits per heavy atom. The number of halogens is 4. The summed E-state index contributed by atoms with van der Waals surface area (Å²) >= 11 is 0. The zero-order valence-corrected chi connectivity index (χ0v) is 5.37. The van der Waals surface area contributed by atoms with Crippen LogP contribution in [-0.4, -0.2) is 24.3 Å². The number of aliphatic hydroxyl groups is 1. The van der Waals surface area contributed by atoms with E-state index in [0.29, 0.717) is 0 Å².